The second-order valence-electron chi connectivity index (χ2n) is 11.1. The molecular formula is C34H33OP. The topological polar surface area (TPSA) is 9.23 Å². The number of benzene rings is 5. The van der Waals surface area contributed by atoms with E-state index >= 15 is 0 Å². The summed E-state index contributed by atoms with van der Waals surface area (Å²) in [6.07, 6.45) is 0.806. The Labute approximate surface area is 215 Å². The number of aryl methyl sites for hydroxylation is 3. The summed E-state index contributed by atoms with van der Waals surface area (Å²) < 4.78 is 6.29. The average Bonchev–Trinajstić information content (AvgIpc) is 3.28. The van der Waals surface area contributed by atoms with Gasteiger partial charge in [-0.05, 0) is 94.8 Å². The molecule has 0 amide bonds. The Hall–Kier alpha value is -3.15. The van der Waals surface area contributed by atoms with Crippen LogP contribution in [0.15, 0.2) is 78.9 Å². The first kappa shape index (κ1) is 23.3. The fourth-order valence-electron chi connectivity index (χ4n) is 6.11. The van der Waals surface area contributed by atoms with Gasteiger partial charge in [-0.1, -0.05) is 99.1 Å². The van der Waals surface area contributed by atoms with Crippen molar-refractivity contribution < 1.29 is 4.74 Å². The summed E-state index contributed by atoms with van der Waals surface area (Å²) in [6.45, 7) is 13.8. The molecule has 0 unspecified atom stereocenters. The Kier molecular flexibility index (Phi) is 5.47. The molecule has 0 fully saturated rings. The van der Waals surface area contributed by atoms with Crippen LogP contribution in [-0.4, -0.2) is 11.5 Å². The van der Waals surface area contributed by atoms with Crippen LogP contribution < -0.4 is 10.0 Å². The summed E-state index contributed by atoms with van der Waals surface area (Å²) in [5, 5.41) is 6.86. The predicted molar refractivity (Wildman–Crippen MR) is 158 cm³/mol. The maximum atomic E-state index is 6.29. The van der Waals surface area contributed by atoms with Crippen molar-refractivity contribution in [3.63, 3.8) is 0 Å². The highest BCUT2D eigenvalue weighted by atomic mass is 31.1. The first-order valence-corrected chi connectivity index (χ1v) is 14.3. The lowest BCUT2D eigenvalue weighted by atomic mass is 9.83. The maximum Gasteiger partial charge on any atom is 0.128 e. The van der Waals surface area contributed by atoms with Gasteiger partial charge in [0.2, 0.25) is 0 Å². The minimum absolute atomic E-state index is 0.179. The minimum Gasteiger partial charge on any atom is -0.488 e. The molecule has 0 N–H and O–H groups in total. The number of fused-ring (bicyclic) bond motifs is 3. The average molecular weight is 489 g/mol. The van der Waals surface area contributed by atoms with E-state index in [1.807, 2.05) is 0 Å². The van der Waals surface area contributed by atoms with E-state index in [1.54, 1.807) is 0 Å². The lowest BCUT2D eigenvalue weighted by molar-refractivity contribution is 0.400. The van der Waals surface area contributed by atoms with Gasteiger partial charge >= 0.3 is 0 Å². The molecule has 6 rings (SSSR count). The van der Waals surface area contributed by atoms with Gasteiger partial charge in [-0.3, -0.25) is 0 Å². The molecule has 5 aromatic rings. The fourth-order valence-corrected chi connectivity index (χ4v) is 8.45. The molecule has 180 valence electrons. The summed E-state index contributed by atoms with van der Waals surface area (Å²) in [4.78, 5) is 0. The Balaban J connectivity index is 1.78. The van der Waals surface area contributed by atoms with Gasteiger partial charge in [0.25, 0.3) is 0 Å². The lowest BCUT2D eigenvalue weighted by Gasteiger charge is -2.28. The zero-order chi connectivity index (χ0) is 25.2. The van der Waals surface area contributed by atoms with Gasteiger partial charge in [0.1, 0.15) is 12.1 Å². The SMILES string of the molecule is Cc1cc(C)c(-c2c3ccccc3c(-c3cccc4c3[P@@](C(C)(C)C)CO4)c3ccccc23)c(C)c1. The molecule has 1 atom stereocenters. The van der Waals surface area contributed by atoms with Crippen LogP contribution in [0.5, 0.6) is 5.75 Å². The quantitative estimate of drug-likeness (QED) is 0.178. The van der Waals surface area contributed by atoms with E-state index in [2.05, 4.69) is 120 Å². The molecule has 0 saturated carbocycles. The van der Waals surface area contributed by atoms with Gasteiger partial charge in [-0.15, -0.1) is 0 Å². The zero-order valence-electron chi connectivity index (χ0n) is 22.1. The first-order chi connectivity index (χ1) is 17.3. The van der Waals surface area contributed by atoms with E-state index < -0.39 is 7.92 Å². The van der Waals surface area contributed by atoms with Crippen molar-refractivity contribution in [2.45, 2.75) is 46.7 Å². The number of ether oxygens (including phenoxy) is 1. The lowest BCUT2D eigenvalue weighted by Crippen LogP contribution is -2.19. The number of hydrogen-bond acceptors (Lipinski definition) is 1. The smallest absolute Gasteiger partial charge is 0.128 e. The van der Waals surface area contributed by atoms with E-state index in [0.29, 0.717) is 0 Å². The molecular weight excluding hydrogens is 455 g/mol. The summed E-state index contributed by atoms with van der Waals surface area (Å²) in [5.74, 6) is 1.07. The van der Waals surface area contributed by atoms with Gasteiger partial charge in [0.15, 0.2) is 0 Å². The third-order valence-electron chi connectivity index (χ3n) is 7.56. The monoisotopic (exact) mass is 488 g/mol. The summed E-state index contributed by atoms with van der Waals surface area (Å²) >= 11 is 0. The third-order valence-corrected chi connectivity index (χ3v) is 10.6. The predicted octanol–water partition coefficient (Wildman–Crippen LogP) is 9.51. The second-order valence-corrected chi connectivity index (χ2v) is 14.0. The van der Waals surface area contributed by atoms with E-state index in [1.165, 1.54) is 65.8 Å². The normalized spacial score (nSPS) is 15.3. The van der Waals surface area contributed by atoms with Crippen LogP contribution in [0.2, 0.25) is 0 Å². The number of hydrogen-bond donors (Lipinski definition) is 0. The second kappa shape index (κ2) is 8.46. The van der Waals surface area contributed by atoms with Crippen LogP contribution >= 0.6 is 7.92 Å². The Morgan fingerprint density at radius 3 is 1.69 bits per heavy atom. The van der Waals surface area contributed by atoms with Crippen molar-refractivity contribution in [2.24, 2.45) is 0 Å². The highest BCUT2D eigenvalue weighted by Crippen LogP contribution is 2.57. The van der Waals surface area contributed by atoms with Crippen LogP contribution in [0.1, 0.15) is 37.5 Å². The number of rotatable bonds is 2. The van der Waals surface area contributed by atoms with Crippen LogP contribution in [0.4, 0.5) is 0 Å². The largest absolute Gasteiger partial charge is 0.488 e. The molecule has 1 aliphatic heterocycles. The Morgan fingerprint density at radius 1 is 0.639 bits per heavy atom. The molecule has 1 aliphatic rings. The van der Waals surface area contributed by atoms with Crippen LogP contribution in [0, 0.1) is 20.8 Å². The van der Waals surface area contributed by atoms with Crippen molar-refractivity contribution in [3.05, 3.63) is 95.6 Å². The van der Waals surface area contributed by atoms with Crippen LogP contribution in [-0.2, 0) is 0 Å². The molecule has 0 spiro atoms. The van der Waals surface area contributed by atoms with Crippen molar-refractivity contribution in [3.8, 4) is 28.0 Å². The summed E-state index contributed by atoms with van der Waals surface area (Å²) in [7, 11) is -0.445. The Bertz CT molecular complexity index is 1570. The fraction of sp³-hybridized carbons (Fsp3) is 0.235. The van der Waals surface area contributed by atoms with Gasteiger partial charge in [0.05, 0.1) is 0 Å². The van der Waals surface area contributed by atoms with Gasteiger partial charge < -0.3 is 4.74 Å². The first-order valence-electron chi connectivity index (χ1n) is 12.8. The summed E-state index contributed by atoms with van der Waals surface area (Å²) in [5.41, 5.74) is 9.37. The van der Waals surface area contributed by atoms with Crippen molar-refractivity contribution in [1.82, 2.24) is 0 Å². The molecule has 0 saturated heterocycles. The third kappa shape index (κ3) is 3.56. The highest BCUT2D eigenvalue weighted by molar-refractivity contribution is 7.67. The molecule has 1 nitrogen and oxygen atoms in total. The molecule has 0 aliphatic carbocycles. The van der Waals surface area contributed by atoms with E-state index in [-0.39, 0.29) is 5.16 Å². The Morgan fingerprint density at radius 2 is 1.17 bits per heavy atom. The standard InChI is InChI=1S/C34H33OP/c1-21-18-22(2)30(23(3)19-21)32-26-14-9-7-12-24(26)31(25-13-8-10-15-27(25)32)28-16-11-17-29-33(28)36(20-35-29)34(4,5)6/h7-19H,20H2,1-6H3/t36-/m0/s1. The van der Waals surface area contributed by atoms with Crippen molar-refractivity contribution in [2.75, 3.05) is 6.35 Å². The zero-order valence-corrected chi connectivity index (χ0v) is 23.0. The van der Waals surface area contributed by atoms with E-state index in [4.69, 9.17) is 4.74 Å². The summed E-state index contributed by atoms with van der Waals surface area (Å²) in [6, 6.07) is 29.3. The molecule has 1 heterocycles. The van der Waals surface area contributed by atoms with Gasteiger partial charge in [-0.25, -0.2) is 0 Å². The molecule has 36 heavy (non-hydrogen) atoms. The van der Waals surface area contributed by atoms with E-state index in [9.17, 15) is 0 Å². The van der Waals surface area contributed by atoms with Crippen molar-refractivity contribution in [1.29, 1.82) is 0 Å². The van der Waals surface area contributed by atoms with Crippen LogP contribution in [0.25, 0.3) is 43.8 Å². The van der Waals surface area contributed by atoms with Gasteiger partial charge in [0, 0.05) is 5.30 Å². The van der Waals surface area contributed by atoms with Crippen molar-refractivity contribution >= 4 is 34.8 Å². The molecule has 5 aromatic carbocycles. The maximum absolute atomic E-state index is 6.29. The van der Waals surface area contributed by atoms with Gasteiger partial charge in [-0.2, -0.15) is 0 Å². The highest BCUT2D eigenvalue weighted by Gasteiger charge is 2.36. The molecule has 2 heteroatoms. The molecule has 0 radical (unpaired) electrons. The van der Waals surface area contributed by atoms with E-state index in [0.717, 1.165) is 12.1 Å². The van der Waals surface area contributed by atoms with Crippen LogP contribution in [0.3, 0.4) is 0 Å². The minimum atomic E-state index is -0.445. The molecule has 0 bridgehead atoms. The molecule has 0 aromatic heterocycles.